The molecule has 1 saturated carbocycles. The zero-order valence-corrected chi connectivity index (χ0v) is 13.0. The van der Waals surface area contributed by atoms with Gasteiger partial charge < -0.3 is 15.3 Å². The minimum absolute atomic E-state index is 0.0267. The normalized spacial score (nSPS) is 26.9. The van der Waals surface area contributed by atoms with E-state index in [-0.39, 0.29) is 24.3 Å². The lowest BCUT2D eigenvalue weighted by molar-refractivity contribution is -0.136. The van der Waals surface area contributed by atoms with E-state index in [4.69, 9.17) is 0 Å². The average molecular weight is 296 g/mol. The van der Waals surface area contributed by atoms with Crippen LogP contribution in [0.25, 0.3) is 0 Å². The van der Waals surface area contributed by atoms with E-state index in [9.17, 15) is 14.7 Å². The van der Waals surface area contributed by atoms with Crippen molar-refractivity contribution >= 4 is 11.8 Å². The third kappa shape index (κ3) is 4.99. The number of piperidine rings is 1. The number of aliphatic hydroxyl groups excluding tert-OH is 1. The van der Waals surface area contributed by atoms with Gasteiger partial charge in [0.15, 0.2) is 0 Å². The second-order valence-electron chi connectivity index (χ2n) is 6.64. The first-order valence-electron chi connectivity index (χ1n) is 8.29. The first kappa shape index (κ1) is 16.3. The van der Waals surface area contributed by atoms with Crippen molar-refractivity contribution in [3.63, 3.8) is 0 Å². The van der Waals surface area contributed by atoms with Gasteiger partial charge in [-0.2, -0.15) is 0 Å². The third-order valence-electron chi connectivity index (χ3n) is 4.96. The Labute approximate surface area is 127 Å². The predicted molar refractivity (Wildman–Crippen MR) is 80.6 cm³/mol. The summed E-state index contributed by atoms with van der Waals surface area (Å²) in [5.41, 5.74) is 0. The van der Waals surface area contributed by atoms with Crippen molar-refractivity contribution in [2.75, 3.05) is 19.6 Å². The van der Waals surface area contributed by atoms with Gasteiger partial charge in [-0.3, -0.25) is 9.59 Å². The van der Waals surface area contributed by atoms with Gasteiger partial charge in [-0.1, -0.05) is 32.6 Å². The van der Waals surface area contributed by atoms with Crippen LogP contribution in [0.4, 0.5) is 0 Å². The van der Waals surface area contributed by atoms with E-state index in [1.54, 1.807) is 4.90 Å². The van der Waals surface area contributed by atoms with Gasteiger partial charge >= 0.3 is 0 Å². The van der Waals surface area contributed by atoms with Crippen molar-refractivity contribution in [3.05, 3.63) is 0 Å². The van der Waals surface area contributed by atoms with Gasteiger partial charge in [0.1, 0.15) is 0 Å². The highest BCUT2D eigenvalue weighted by molar-refractivity contribution is 5.84. The topological polar surface area (TPSA) is 69.6 Å². The Morgan fingerprint density at radius 2 is 1.95 bits per heavy atom. The number of carbonyl (C=O) groups excluding carboxylic acids is 2. The quantitative estimate of drug-likeness (QED) is 0.803. The second-order valence-corrected chi connectivity index (χ2v) is 6.64. The highest BCUT2D eigenvalue weighted by Crippen LogP contribution is 2.28. The number of β-amino-alcohol motifs (C(OH)–C–C–N with tert-alkyl or cyclic N) is 1. The molecule has 2 rings (SSSR count). The Hall–Kier alpha value is -1.10. The van der Waals surface area contributed by atoms with Crippen molar-refractivity contribution in [2.24, 2.45) is 11.8 Å². The van der Waals surface area contributed by atoms with Gasteiger partial charge in [0.2, 0.25) is 11.8 Å². The number of nitrogens with one attached hydrogen (secondary N) is 1. The number of hydrogen-bond donors (Lipinski definition) is 2. The standard InChI is InChI=1S/C16H28N2O3/c1-12-8-9-18(11-14(12)19)16(21)10-17-15(20)7-6-13-4-2-3-5-13/h12-14,19H,2-11H2,1H3,(H,17,20). The summed E-state index contributed by atoms with van der Waals surface area (Å²) in [5.74, 6) is 0.830. The Kier molecular flexibility index (Phi) is 6.03. The summed E-state index contributed by atoms with van der Waals surface area (Å²) in [6.07, 6.45) is 6.92. The number of likely N-dealkylation sites (tertiary alicyclic amines) is 1. The predicted octanol–water partition coefficient (Wildman–Crippen LogP) is 1.30. The Balaban J connectivity index is 1.62. The fraction of sp³-hybridized carbons (Fsp3) is 0.875. The molecule has 1 heterocycles. The van der Waals surface area contributed by atoms with Crippen LogP contribution in [0.2, 0.25) is 0 Å². The van der Waals surface area contributed by atoms with Gasteiger partial charge in [0.05, 0.1) is 12.6 Å². The van der Waals surface area contributed by atoms with Crippen molar-refractivity contribution in [3.8, 4) is 0 Å². The maximum Gasteiger partial charge on any atom is 0.242 e. The number of hydrogen-bond acceptors (Lipinski definition) is 3. The zero-order valence-electron chi connectivity index (χ0n) is 13.0. The molecule has 0 bridgehead atoms. The van der Waals surface area contributed by atoms with Gasteiger partial charge in [-0.05, 0) is 24.7 Å². The highest BCUT2D eigenvalue weighted by atomic mass is 16.3. The monoisotopic (exact) mass is 296 g/mol. The van der Waals surface area contributed by atoms with Crippen LogP contribution in [0.3, 0.4) is 0 Å². The van der Waals surface area contributed by atoms with Crippen molar-refractivity contribution in [2.45, 2.75) is 58.0 Å². The fourth-order valence-corrected chi connectivity index (χ4v) is 3.28. The lowest BCUT2D eigenvalue weighted by atomic mass is 9.96. The molecule has 0 aromatic heterocycles. The lowest BCUT2D eigenvalue weighted by Crippen LogP contribution is -2.49. The SMILES string of the molecule is CC1CCN(C(=O)CNC(=O)CCC2CCCC2)CC1O. The smallest absolute Gasteiger partial charge is 0.242 e. The van der Waals surface area contributed by atoms with Crippen LogP contribution < -0.4 is 5.32 Å². The molecular formula is C16H28N2O3. The molecule has 1 saturated heterocycles. The largest absolute Gasteiger partial charge is 0.391 e. The van der Waals surface area contributed by atoms with Crippen LogP contribution in [0, 0.1) is 11.8 Å². The van der Waals surface area contributed by atoms with Crippen LogP contribution in [0.1, 0.15) is 51.9 Å². The van der Waals surface area contributed by atoms with Crippen LogP contribution in [0.15, 0.2) is 0 Å². The molecule has 0 radical (unpaired) electrons. The molecule has 2 unspecified atom stereocenters. The van der Waals surface area contributed by atoms with E-state index in [1.165, 1.54) is 25.7 Å². The Morgan fingerprint density at radius 3 is 2.62 bits per heavy atom. The number of rotatable bonds is 5. The third-order valence-corrected chi connectivity index (χ3v) is 4.96. The van der Waals surface area contributed by atoms with Crippen molar-refractivity contribution < 1.29 is 14.7 Å². The van der Waals surface area contributed by atoms with E-state index in [0.29, 0.717) is 25.4 Å². The summed E-state index contributed by atoms with van der Waals surface area (Å²) in [4.78, 5) is 25.4. The van der Waals surface area contributed by atoms with Gasteiger partial charge in [0, 0.05) is 19.5 Å². The molecule has 5 heteroatoms. The molecule has 2 atom stereocenters. The summed E-state index contributed by atoms with van der Waals surface area (Å²) in [7, 11) is 0. The first-order chi connectivity index (χ1) is 10.1. The molecule has 2 fully saturated rings. The minimum atomic E-state index is -0.444. The van der Waals surface area contributed by atoms with E-state index < -0.39 is 6.10 Å². The fourth-order valence-electron chi connectivity index (χ4n) is 3.28. The van der Waals surface area contributed by atoms with Crippen LogP contribution in [-0.2, 0) is 9.59 Å². The lowest BCUT2D eigenvalue weighted by Gasteiger charge is -2.34. The van der Waals surface area contributed by atoms with Crippen LogP contribution >= 0.6 is 0 Å². The molecule has 1 aliphatic heterocycles. The summed E-state index contributed by atoms with van der Waals surface area (Å²) in [6, 6.07) is 0. The molecule has 0 aromatic carbocycles. The maximum atomic E-state index is 12.0. The average Bonchev–Trinajstić information content (AvgIpc) is 2.98. The van der Waals surface area contributed by atoms with E-state index in [1.807, 2.05) is 6.92 Å². The molecule has 2 aliphatic rings. The molecule has 120 valence electrons. The van der Waals surface area contributed by atoms with Crippen molar-refractivity contribution in [1.29, 1.82) is 0 Å². The summed E-state index contributed by atoms with van der Waals surface area (Å²) in [6.45, 7) is 3.12. The molecule has 2 amide bonds. The first-order valence-corrected chi connectivity index (χ1v) is 8.29. The molecular weight excluding hydrogens is 268 g/mol. The Bertz CT molecular complexity index is 367. The van der Waals surface area contributed by atoms with Gasteiger partial charge in [-0.15, -0.1) is 0 Å². The van der Waals surface area contributed by atoms with Gasteiger partial charge in [0.25, 0.3) is 0 Å². The number of aliphatic hydroxyl groups is 1. The van der Waals surface area contributed by atoms with Crippen LogP contribution in [-0.4, -0.2) is 47.6 Å². The van der Waals surface area contributed by atoms with E-state index >= 15 is 0 Å². The van der Waals surface area contributed by atoms with E-state index in [2.05, 4.69) is 5.32 Å². The summed E-state index contributed by atoms with van der Waals surface area (Å²) >= 11 is 0. The highest BCUT2D eigenvalue weighted by Gasteiger charge is 2.27. The molecule has 5 nitrogen and oxygen atoms in total. The van der Waals surface area contributed by atoms with E-state index in [0.717, 1.165) is 12.8 Å². The Morgan fingerprint density at radius 1 is 1.24 bits per heavy atom. The minimum Gasteiger partial charge on any atom is -0.391 e. The molecule has 0 aromatic rings. The number of amides is 2. The summed E-state index contributed by atoms with van der Waals surface area (Å²) < 4.78 is 0. The molecule has 2 N–H and O–H groups in total. The number of nitrogens with zero attached hydrogens (tertiary/aromatic N) is 1. The number of carbonyl (C=O) groups is 2. The van der Waals surface area contributed by atoms with Crippen LogP contribution in [0.5, 0.6) is 0 Å². The zero-order chi connectivity index (χ0) is 15.2. The van der Waals surface area contributed by atoms with Gasteiger partial charge in [-0.25, -0.2) is 0 Å². The maximum absolute atomic E-state index is 12.0. The second kappa shape index (κ2) is 7.78. The van der Waals surface area contributed by atoms with Crippen molar-refractivity contribution in [1.82, 2.24) is 10.2 Å². The summed E-state index contributed by atoms with van der Waals surface area (Å²) in [5, 5.41) is 12.5. The molecule has 1 aliphatic carbocycles. The molecule has 0 spiro atoms. The molecule has 21 heavy (non-hydrogen) atoms.